The van der Waals surface area contributed by atoms with Crippen LogP contribution < -0.4 is 4.90 Å². The van der Waals surface area contributed by atoms with Crippen LogP contribution in [0, 0.1) is 12.8 Å². The van der Waals surface area contributed by atoms with Crippen LogP contribution in [0.15, 0.2) is 24.3 Å². The number of nitrogens with zero attached hydrogens (tertiary/aromatic N) is 1. The fourth-order valence-electron chi connectivity index (χ4n) is 1.76. The lowest BCUT2D eigenvalue weighted by Gasteiger charge is -2.07. The van der Waals surface area contributed by atoms with Crippen molar-refractivity contribution in [3.63, 3.8) is 0 Å². The largest absolute Gasteiger partial charge is 0.364 e. The molecule has 1 atom stereocenters. The third kappa shape index (κ3) is 1.69. The summed E-state index contributed by atoms with van der Waals surface area (Å²) in [4.78, 5) is 2.46. The van der Waals surface area contributed by atoms with Crippen molar-refractivity contribution in [3.05, 3.63) is 29.8 Å². The summed E-state index contributed by atoms with van der Waals surface area (Å²) in [6.07, 6.45) is 0. The van der Waals surface area contributed by atoms with E-state index in [0.29, 0.717) is 0 Å². The van der Waals surface area contributed by atoms with Crippen LogP contribution in [0.1, 0.15) is 19.4 Å². The van der Waals surface area contributed by atoms with Gasteiger partial charge in [-0.25, -0.2) is 0 Å². The van der Waals surface area contributed by atoms with Gasteiger partial charge in [0.15, 0.2) is 0 Å². The van der Waals surface area contributed by atoms with Crippen LogP contribution in [-0.4, -0.2) is 12.6 Å². The molecule has 1 nitrogen and oxygen atoms in total. The first-order valence-corrected chi connectivity index (χ1v) is 5.02. The van der Waals surface area contributed by atoms with Crippen molar-refractivity contribution in [2.45, 2.75) is 26.8 Å². The molecule has 1 aromatic rings. The van der Waals surface area contributed by atoms with Crippen molar-refractivity contribution in [1.29, 1.82) is 0 Å². The Labute approximate surface area is 80.4 Å². The first kappa shape index (κ1) is 8.61. The fourth-order valence-corrected chi connectivity index (χ4v) is 1.76. The number of hydrogen-bond acceptors (Lipinski definition) is 1. The van der Waals surface area contributed by atoms with E-state index in [4.69, 9.17) is 0 Å². The van der Waals surface area contributed by atoms with E-state index in [9.17, 15) is 0 Å². The van der Waals surface area contributed by atoms with Gasteiger partial charge in [-0.05, 0) is 25.0 Å². The quantitative estimate of drug-likeness (QED) is 0.625. The van der Waals surface area contributed by atoms with Crippen LogP contribution in [0.25, 0.3) is 0 Å². The van der Waals surface area contributed by atoms with E-state index >= 15 is 0 Å². The number of benzene rings is 1. The highest BCUT2D eigenvalue weighted by Crippen LogP contribution is 2.32. The van der Waals surface area contributed by atoms with Crippen LogP contribution >= 0.6 is 0 Å². The number of hydrogen-bond donors (Lipinski definition) is 0. The van der Waals surface area contributed by atoms with Crippen LogP contribution in [0.2, 0.25) is 0 Å². The molecule has 0 aliphatic carbocycles. The molecular formula is C12H17N. The Balaban J connectivity index is 2.08. The first-order chi connectivity index (χ1) is 6.18. The van der Waals surface area contributed by atoms with Crippen molar-refractivity contribution < 1.29 is 0 Å². The van der Waals surface area contributed by atoms with E-state index in [1.165, 1.54) is 17.8 Å². The molecule has 0 N–H and O–H groups in total. The second-order valence-corrected chi connectivity index (χ2v) is 4.30. The average molecular weight is 175 g/mol. The van der Waals surface area contributed by atoms with E-state index in [-0.39, 0.29) is 0 Å². The van der Waals surface area contributed by atoms with Crippen molar-refractivity contribution in [1.82, 2.24) is 0 Å². The molecule has 0 saturated carbocycles. The van der Waals surface area contributed by atoms with E-state index < -0.39 is 0 Å². The first-order valence-electron chi connectivity index (χ1n) is 5.02. The van der Waals surface area contributed by atoms with Gasteiger partial charge in [0.1, 0.15) is 0 Å². The Morgan fingerprint density at radius 1 is 1.23 bits per heavy atom. The molecule has 1 fully saturated rings. The van der Waals surface area contributed by atoms with Gasteiger partial charge in [0.05, 0.1) is 0 Å². The molecule has 1 aliphatic rings. The maximum absolute atomic E-state index is 2.46. The van der Waals surface area contributed by atoms with Gasteiger partial charge >= 0.3 is 0 Å². The summed E-state index contributed by atoms with van der Waals surface area (Å²) in [5.41, 5.74) is 2.72. The molecule has 1 saturated heterocycles. The lowest BCUT2D eigenvalue weighted by molar-refractivity contribution is 0.646. The summed E-state index contributed by atoms with van der Waals surface area (Å²) in [5, 5.41) is 0. The normalized spacial score (nSPS) is 20.9. The monoisotopic (exact) mass is 175 g/mol. The predicted octanol–water partition coefficient (Wildman–Crippen LogP) is 2.84. The highest BCUT2D eigenvalue weighted by atomic mass is 15.3. The molecule has 0 spiro atoms. The number of anilines is 1. The molecular weight excluding hydrogens is 158 g/mol. The van der Waals surface area contributed by atoms with E-state index in [1.54, 1.807) is 0 Å². The van der Waals surface area contributed by atoms with Crippen molar-refractivity contribution >= 4 is 5.69 Å². The van der Waals surface area contributed by atoms with Gasteiger partial charge in [-0.2, -0.15) is 0 Å². The summed E-state index contributed by atoms with van der Waals surface area (Å²) in [5.74, 6) is 0.779. The van der Waals surface area contributed by atoms with Gasteiger partial charge in [-0.15, -0.1) is 0 Å². The zero-order valence-electron chi connectivity index (χ0n) is 8.62. The molecule has 13 heavy (non-hydrogen) atoms. The molecule has 2 rings (SSSR count). The molecule has 70 valence electrons. The zero-order valence-corrected chi connectivity index (χ0v) is 8.62. The lowest BCUT2D eigenvalue weighted by Crippen LogP contribution is -2.05. The average Bonchev–Trinajstić information content (AvgIpc) is 2.85. The van der Waals surface area contributed by atoms with Crippen molar-refractivity contribution in [3.8, 4) is 0 Å². The van der Waals surface area contributed by atoms with Crippen LogP contribution in [0.5, 0.6) is 0 Å². The van der Waals surface area contributed by atoms with Gasteiger partial charge in [0, 0.05) is 18.3 Å². The Hall–Kier alpha value is -0.980. The molecule has 0 aromatic heterocycles. The Kier molecular flexibility index (Phi) is 2.03. The molecule has 1 aliphatic heterocycles. The molecule has 0 radical (unpaired) electrons. The molecule has 1 heteroatoms. The zero-order chi connectivity index (χ0) is 9.42. The standard InChI is InChI=1S/C12H17N/c1-9(2)12-8-13(12)11-6-4-10(3)5-7-11/h4-7,9,12H,8H2,1-3H3. The van der Waals surface area contributed by atoms with E-state index in [2.05, 4.69) is 49.9 Å². The summed E-state index contributed by atoms with van der Waals surface area (Å²) < 4.78 is 0. The van der Waals surface area contributed by atoms with Gasteiger partial charge < -0.3 is 4.90 Å². The molecule has 0 bridgehead atoms. The highest BCUT2D eigenvalue weighted by Gasteiger charge is 2.36. The Morgan fingerprint density at radius 3 is 2.31 bits per heavy atom. The van der Waals surface area contributed by atoms with Gasteiger partial charge in [0.2, 0.25) is 0 Å². The third-order valence-corrected chi connectivity index (χ3v) is 2.79. The summed E-state index contributed by atoms with van der Waals surface area (Å²) in [6.45, 7) is 7.95. The maximum atomic E-state index is 2.46. The van der Waals surface area contributed by atoms with Crippen LogP contribution in [0.4, 0.5) is 5.69 Å². The SMILES string of the molecule is Cc1ccc(N2CC2C(C)C)cc1. The Morgan fingerprint density at radius 2 is 1.85 bits per heavy atom. The smallest absolute Gasteiger partial charge is 0.0489 e. The molecule has 1 unspecified atom stereocenters. The van der Waals surface area contributed by atoms with Crippen molar-refractivity contribution in [2.75, 3.05) is 11.4 Å². The van der Waals surface area contributed by atoms with Crippen molar-refractivity contribution in [2.24, 2.45) is 5.92 Å². The lowest BCUT2D eigenvalue weighted by atomic mass is 10.1. The fraction of sp³-hybridized carbons (Fsp3) is 0.500. The molecule has 0 amide bonds. The number of aryl methyl sites for hydroxylation is 1. The molecule has 1 aromatic carbocycles. The van der Waals surface area contributed by atoms with Crippen LogP contribution in [0.3, 0.4) is 0 Å². The minimum atomic E-state index is 0.779. The third-order valence-electron chi connectivity index (χ3n) is 2.79. The minimum absolute atomic E-state index is 0.779. The van der Waals surface area contributed by atoms with Gasteiger partial charge in [0.25, 0.3) is 0 Å². The predicted molar refractivity (Wildman–Crippen MR) is 57.2 cm³/mol. The van der Waals surface area contributed by atoms with Gasteiger partial charge in [-0.3, -0.25) is 0 Å². The second kappa shape index (κ2) is 3.06. The minimum Gasteiger partial charge on any atom is -0.364 e. The van der Waals surface area contributed by atoms with Gasteiger partial charge in [-0.1, -0.05) is 31.5 Å². The topological polar surface area (TPSA) is 3.01 Å². The Bertz CT molecular complexity index is 286. The highest BCUT2D eigenvalue weighted by molar-refractivity contribution is 5.54. The summed E-state index contributed by atoms with van der Waals surface area (Å²) in [6, 6.07) is 9.59. The summed E-state index contributed by atoms with van der Waals surface area (Å²) >= 11 is 0. The second-order valence-electron chi connectivity index (χ2n) is 4.30. The van der Waals surface area contributed by atoms with Crippen LogP contribution in [-0.2, 0) is 0 Å². The van der Waals surface area contributed by atoms with E-state index in [1.807, 2.05) is 0 Å². The number of rotatable bonds is 2. The maximum Gasteiger partial charge on any atom is 0.0489 e. The summed E-state index contributed by atoms with van der Waals surface area (Å²) in [7, 11) is 0. The molecule has 1 heterocycles. The van der Waals surface area contributed by atoms with E-state index in [0.717, 1.165) is 12.0 Å².